The molecule has 0 aromatic heterocycles. The van der Waals surface area contributed by atoms with Crippen molar-refractivity contribution >= 4 is 16.2 Å². The highest BCUT2D eigenvalue weighted by molar-refractivity contribution is 7.80. The second-order valence-corrected chi connectivity index (χ2v) is 27.6. The van der Waals surface area contributed by atoms with Crippen LogP contribution in [0.2, 0.25) is 0 Å². The highest BCUT2D eigenvalue weighted by Gasteiger charge is 2.64. The predicted molar refractivity (Wildman–Crippen MR) is 282 cm³/mol. The number of Topliss-reactive ketones (excluding diaryl/α,β-unsaturated/α-hetero) is 1. The van der Waals surface area contributed by atoms with E-state index in [1.54, 1.807) is 6.92 Å². The Hall–Kier alpha value is -1.60. The molecular formula is C56H91O27S-. The molecule has 28 heteroatoms. The highest BCUT2D eigenvalue weighted by Crippen LogP contribution is 2.67. The van der Waals surface area contributed by atoms with E-state index in [4.69, 9.17) is 51.6 Å². The molecule has 0 spiro atoms. The van der Waals surface area contributed by atoms with Gasteiger partial charge in [-0.25, -0.2) is 8.42 Å². The molecular weight excluding hydrogens is 1140 g/mol. The Morgan fingerprint density at radius 1 is 0.631 bits per heavy atom. The van der Waals surface area contributed by atoms with E-state index in [0.29, 0.717) is 32.1 Å². The van der Waals surface area contributed by atoms with Crippen LogP contribution in [-0.4, -0.2) is 252 Å². The number of hydrogen-bond donors (Lipinski definition) is 12. The molecule has 0 bridgehead atoms. The molecule has 8 fully saturated rings. The average molecular weight is 1230 g/mol. The SMILES string of the molecule is CC(C)CC(=O)CC(C)(O)[C@H]1CC[C@H]2[C@@H]3C[C@H](O[C@@H]4O[C@H](C)[C@@H](O)[C@H](O[C@@H]5OC[C@@H](O[C@@H]6O[C@H](C)[C@@H](O)[C@H](O)[C@H]6O[C@@H]6O[C@H](C)[C@H](O)[C@H](O)[C@H]6O)[C@H](O)[C@H]5O[C@@H]5O[C@H](C)[C@@H](O)[C@H](O)[C@H]5O)[C@H]4O)[C@H]4C[C@@H](OS(=O)(=O)[O-])CC[C@]4(C)C3=CC[C@]12C. The Balaban J connectivity index is 0.978. The van der Waals surface area contributed by atoms with Gasteiger partial charge in [-0.1, -0.05) is 39.3 Å². The van der Waals surface area contributed by atoms with Gasteiger partial charge in [0.2, 0.25) is 10.4 Å². The summed E-state index contributed by atoms with van der Waals surface area (Å²) in [5, 5.41) is 135. The Kier molecular flexibility index (Phi) is 20.4. The maximum atomic E-state index is 13.2. The van der Waals surface area contributed by atoms with E-state index in [9.17, 15) is 79.0 Å². The number of ether oxygens (including phenoxy) is 10. The van der Waals surface area contributed by atoms with Crippen LogP contribution >= 0.6 is 0 Å². The van der Waals surface area contributed by atoms with Gasteiger partial charge in [0.25, 0.3) is 0 Å². The quantitative estimate of drug-likeness (QED) is 0.0426. The van der Waals surface area contributed by atoms with Crippen LogP contribution in [0.25, 0.3) is 0 Å². The molecule has 84 heavy (non-hydrogen) atoms. The standard InChI is InChI=1S/C56H92O27S/c1-21(2)16-26(57)19-56(9,69)34-11-10-29-28-18-32(31-17-27(83-84(70,71)72)12-14-54(31,7)30(28)13-15-55(29,34)8)78-51-45(68)46(38(61)25(6)76-51)80-52-47(81-49-43(66)40(63)35(58)22(3)74-49)39(62)33(20-73-52)79-53-48(42(65)37(60)24(5)77-53)82-50-44(67)41(64)36(59)23(4)75-50/h13,21-25,27-29,31-53,58-69H,10-12,14-20H2,1-9H3,(H,70,71,72)/p-1/t22-,23-,24-,25-,27+,28+,29+,31-,32+,33-,34+,35-,36+,37-,38-,39+,40+,41+,42+,43-,44-,45-,46+,47-,48-,49+,50+,51+,52+,53+,54-,55+,56?/m1/s1. The van der Waals surface area contributed by atoms with Crippen molar-refractivity contribution in [1.29, 1.82) is 0 Å². The van der Waals surface area contributed by atoms with Gasteiger partial charge < -0.3 is 113 Å². The topological polar surface area (TPSA) is 419 Å². The van der Waals surface area contributed by atoms with Gasteiger partial charge in [0.1, 0.15) is 97.3 Å². The maximum absolute atomic E-state index is 13.2. The number of ketones is 1. The number of aliphatic hydroxyl groups excluding tert-OH is 11. The van der Waals surface area contributed by atoms with E-state index in [2.05, 4.69) is 19.9 Å². The first kappa shape index (κ1) is 66.8. The van der Waals surface area contributed by atoms with Gasteiger partial charge in [0, 0.05) is 12.8 Å². The number of rotatable bonds is 17. The van der Waals surface area contributed by atoms with Crippen LogP contribution in [0.3, 0.4) is 0 Å². The number of allylic oxidation sites excluding steroid dienone is 2. The molecule has 484 valence electrons. The molecule has 0 aromatic rings. The zero-order chi connectivity index (χ0) is 61.6. The molecule has 5 heterocycles. The van der Waals surface area contributed by atoms with Crippen LogP contribution in [0, 0.1) is 40.4 Å². The van der Waals surface area contributed by atoms with Gasteiger partial charge in [-0.15, -0.1) is 0 Å². The maximum Gasteiger partial charge on any atom is 0.217 e. The van der Waals surface area contributed by atoms with Gasteiger partial charge in [-0.05, 0) is 120 Å². The third kappa shape index (κ3) is 13.1. The van der Waals surface area contributed by atoms with Crippen molar-refractivity contribution in [3.8, 4) is 0 Å². The van der Waals surface area contributed by atoms with E-state index in [0.717, 1.165) is 12.0 Å². The predicted octanol–water partition coefficient (Wildman–Crippen LogP) is -1.99. The van der Waals surface area contributed by atoms with Gasteiger partial charge in [-0.2, -0.15) is 0 Å². The molecule has 4 aliphatic carbocycles. The minimum atomic E-state index is -5.12. The molecule has 0 radical (unpaired) electrons. The van der Waals surface area contributed by atoms with Crippen molar-refractivity contribution < 1.29 is 131 Å². The van der Waals surface area contributed by atoms with Crippen LogP contribution in [0.4, 0.5) is 0 Å². The van der Waals surface area contributed by atoms with E-state index in [1.165, 1.54) is 27.7 Å². The van der Waals surface area contributed by atoms with Crippen LogP contribution < -0.4 is 0 Å². The Labute approximate surface area is 489 Å². The largest absolute Gasteiger partial charge is 0.726 e. The molecule has 33 atom stereocenters. The molecule has 12 N–H and O–H groups in total. The minimum Gasteiger partial charge on any atom is -0.726 e. The summed E-state index contributed by atoms with van der Waals surface area (Å²) in [5.74, 6) is -0.803. The lowest BCUT2D eigenvalue weighted by molar-refractivity contribution is -0.397. The summed E-state index contributed by atoms with van der Waals surface area (Å²) in [7, 11) is -5.12. The Bertz CT molecular complexity index is 2400. The van der Waals surface area contributed by atoms with Crippen molar-refractivity contribution in [3.63, 3.8) is 0 Å². The summed E-state index contributed by atoms with van der Waals surface area (Å²) in [5.41, 5.74) is -1.27. The molecule has 5 saturated heterocycles. The third-order valence-corrected chi connectivity index (χ3v) is 20.8. The van der Waals surface area contributed by atoms with Crippen molar-refractivity contribution in [2.45, 2.75) is 285 Å². The van der Waals surface area contributed by atoms with Crippen molar-refractivity contribution in [2.75, 3.05) is 6.61 Å². The lowest BCUT2D eigenvalue weighted by Crippen LogP contribution is -2.66. The zero-order valence-electron chi connectivity index (χ0n) is 48.9. The van der Waals surface area contributed by atoms with Crippen molar-refractivity contribution in [2.24, 2.45) is 40.4 Å². The van der Waals surface area contributed by atoms with Crippen LogP contribution in [0.15, 0.2) is 11.6 Å². The number of aliphatic hydroxyl groups is 12. The third-order valence-electron chi connectivity index (χ3n) is 20.3. The lowest BCUT2D eigenvalue weighted by Gasteiger charge is -2.60. The fourth-order valence-corrected chi connectivity index (χ4v) is 16.2. The normalized spacial score (nSPS) is 51.7. The second-order valence-electron chi connectivity index (χ2n) is 26.6. The molecule has 9 aliphatic rings. The molecule has 1 unspecified atom stereocenters. The summed E-state index contributed by atoms with van der Waals surface area (Å²) < 4.78 is 102. The van der Waals surface area contributed by atoms with Crippen molar-refractivity contribution in [3.05, 3.63) is 11.6 Å². The Morgan fingerprint density at radius 3 is 1.71 bits per heavy atom. The van der Waals surface area contributed by atoms with E-state index < -0.39 is 199 Å². The summed E-state index contributed by atoms with van der Waals surface area (Å²) in [6.07, 6.45) is -35.6. The van der Waals surface area contributed by atoms with E-state index in [1.807, 2.05) is 13.8 Å². The first-order valence-corrected chi connectivity index (χ1v) is 31.1. The highest BCUT2D eigenvalue weighted by atomic mass is 32.3. The fraction of sp³-hybridized carbons (Fsp3) is 0.946. The van der Waals surface area contributed by atoms with Gasteiger partial charge in [0.15, 0.2) is 31.5 Å². The van der Waals surface area contributed by atoms with E-state index >= 15 is 0 Å². The van der Waals surface area contributed by atoms with Gasteiger partial charge in [0.05, 0.1) is 48.8 Å². The average Bonchev–Trinajstić information content (AvgIpc) is 1.36. The molecule has 9 rings (SSSR count). The zero-order valence-corrected chi connectivity index (χ0v) is 49.8. The number of hydrogen-bond acceptors (Lipinski definition) is 27. The molecule has 3 saturated carbocycles. The molecule has 0 aromatic carbocycles. The molecule has 27 nitrogen and oxygen atoms in total. The smallest absolute Gasteiger partial charge is 0.217 e. The summed E-state index contributed by atoms with van der Waals surface area (Å²) in [6.45, 7) is 15.0. The van der Waals surface area contributed by atoms with E-state index in [-0.39, 0.29) is 48.7 Å². The van der Waals surface area contributed by atoms with Gasteiger partial charge >= 0.3 is 0 Å². The summed E-state index contributed by atoms with van der Waals surface area (Å²) in [6, 6.07) is 0. The van der Waals surface area contributed by atoms with Crippen LogP contribution in [0.5, 0.6) is 0 Å². The van der Waals surface area contributed by atoms with Crippen LogP contribution in [0.1, 0.15) is 120 Å². The fourth-order valence-electron chi connectivity index (χ4n) is 15.7. The van der Waals surface area contributed by atoms with Crippen molar-refractivity contribution in [1.82, 2.24) is 0 Å². The van der Waals surface area contributed by atoms with Gasteiger partial charge in [-0.3, -0.25) is 8.98 Å². The number of fused-ring (bicyclic) bond motifs is 5. The first-order valence-electron chi connectivity index (χ1n) is 29.7. The minimum absolute atomic E-state index is 0.00324. The summed E-state index contributed by atoms with van der Waals surface area (Å²) >= 11 is 0. The van der Waals surface area contributed by atoms with Crippen LogP contribution in [-0.2, 0) is 66.7 Å². The Morgan fingerprint density at radius 2 is 1.14 bits per heavy atom. The number of carbonyl (C=O) groups excluding carboxylic acids is 1. The molecule has 0 amide bonds. The first-order chi connectivity index (χ1) is 39.1. The monoisotopic (exact) mass is 1230 g/mol. The second kappa shape index (κ2) is 25.6. The summed E-state index contributed by atoms with van der Waals surface area (Å²) in [4.78, 5) is 13.2. The lowest BCUT2D eigenvalue weighted by atomic mass is 9.47. The number of carbonyl (C=O) groups is 1. The molecule has 5 aliphatic heterocycles.